The lowest BCUT2D eigenvalue weighted by Crippen LogP contribution is -2.27. The first-order valence-electron chi connectivity index (χ1n) is 7.98. The SMILES string of the molecule is C=CCOc1ccc(/C=C2/SC(=S)N(c3ccc(OC)c(Cl)c3)C2=O)cc1. The zero-order chi connectivity index (χ0) is 19.4. The normalized spacial score (nSPS) is 15.3. The number of carbonyl (C=O) groups excluding carboxylic acids is 1. The van der Waals surface area contributed by atoms with E-state index in [1.165, 1.54) is 23.8 Å². The van der Waals surface area contributed by atoms with Gasteiger partial charge >= 0.3 is 0 Å². The van der Waals surface area contributed by atoms with Crippen LogP contribution in [0.4, 0.5) is 5.69 Å². The fraction of sp³-hybridized carbons (Fsp3) is 0.100. The molecule has 27 heavy (non-hydrogen) atoms. The van der Waals surface area contributed by atoms with Crippen molar-refractivity contribution in [1.82, 2.24) is 0 Å². The van der Waals surface area contributed by atoms with Gasteiger partial charge in [-0.05, 0) is 42.0 Å². The topological polar surface area (TPSA) is 38.8 Å². The van der Waals surface area contributed by atoms with E-state index >= 15 is 0 Å². The number of ether oxygens (including phenoxy) is 2. The molecule has 2 aromatic rings. The van der Waals surface area contributed by atoms with Crippen molar-refractivity contribution in [2.24, 2.45) is 0 Å². The molecule has 1 amide bonds. The predicted octanol–water partition coefficient (Wildman–Crippen LogP) is 5.32. The van der Waals surface area contributed by atoms with Gasteiger partial charge in [-0.25, -0.2) is 0 Å². The fourth-order valence-corrected chi connectivity index (χ4v) is 4.00. The summed E-state index contributed by atoms with van der Waals surface area (Å²) >= 11 is 12.8. The number of hydrogen-bond donors (Lipinski definition) is 0. The van der Waals surface area contributed by atoms with E-state index in [2.05, 4.69) is 6.58 Å². The van der Waals surface area contributed by atoms with E-state index in [9.17, 15) is 4.79 Å². The molecule has 0 spiro atoms. The molecule has 0 saturated carbocycles. The Morgan fingerprint density at radius 2 is 2.00 bits per heavy atom. The van der Waals surface area contributed by atoms with Crippen molar-refractivity contribution < 1.29 is 14.3 Å². The van der Waals surface area contributed by atoms with Crippen LogP contribution in [0, 0.1) is 0 Å². The summed E-state index contributed by atoms with van der Waals surface area (Å²) in [5, 5.41) is 0.420. The molecule has 3 rings (SSSR count). The Hall–Kier alpha value is -2.28. The first-order valence-corrected chi connectivity index (χ1v) is 9.59. The highest BCUT2D eigenvalue weighted by Gasteiger charge is 2.33. The number of hydrogen-bond acceptors (Lipinski definition) is 5. The highest BCUT2D eigenvalue weighted by Crippen LogP contribution is 2.38. The number of nitrogens with zero attached hydrogens (tertiary/aromatic N) is 1. The summed E-state index contributed by atoms with van der Waals surface area (Å²) in [6.45, 7) is 4.06. The van der Waals surface area contributed by atoms with Crippen LogP contribution in [0.2, 0.25) is 5.02 Å². The summed E-state index contributed by atoms with van der Waals surface area (Å²) in [6, 6.07) is 12.6. The van der Waals surface area contributed by atoms with E-state index < -0.39 is 0 Å². The van der Waals surface area contributed by atoms with Crippen molar-refractivity contribution in [2.75, 3.05) is 18.6 Å². The smallest absolute Gasteiger partial charge is 0.270 e. The maximum atomic E-state index is 12.8. The molecule has 1 aliphatic rings. The van der Waals surface area contributed by atoms with E-state index in [-0.39, 0.29) is 5.91 Å². The maximum Gasteiger partial charge on any atom is 0.270 e. The van der Waals surface area contributed by atoms with Gasteiger partial charge in [0.15, 0.2) is 4.32 Å². The van der Waals surface area contributed by atoms with Gasteiger partial charge in [0.25, 0.3) is 5.91 Å². The van der Waals surface area contributed by atoms with Gasteiger partial charge in [-0.15, -0.1) is 0 Å². The van der Waals surface area contributed by atoms with E-state index in [4.69, 9.17) is 33.3 Å². The van der Waals surface area contributed by atoms with Crippen LogP contribution in [-0.2, 0) is 4.79 Å². The number of carbonyl (C=O) groups is 1. The Labute approximate surface area is 172 Å². The molecule has 0 radical (unpaired) electrons. The van der Waals surface area contributed by atoms with Gasteiger partial charge in [-0.3, -0.25) is 9.69 Å². The fourth-order valence-electron chi connectivity index (χ4n) is 2.45. The van der Waals surface area contributed by atoms with Crippen molar-refractivity contribution in [3.05, 3.63) is 70.6 Å². The number of halogens is 1. The maximum absolute atomic E-state index is 12.8. The van der Waals surface area contributed by atoms with Gasteiger partial charge in [0.2, 0.25) is 0 Å². The zero-order valence-electron chi connectivity index (χ0n) is 14.5. The lowest BCUT2D eigenvalue weighted by Gasteiger charge is -2.15. The second-order valence-electron chi connectivity index (χ2n) is 5.50. The first kappa shape index (κ1) is 19.5. The van der Waals surface area contributed by atoms with Crippen LogP contribution in [0.25, 0.3) is 6.08 Å². The molecule has 4 nitrogen and oxygen atoms in total. The standard InChI is InChI=1S/C20H16ClNO3S2/c1-3-10-25-15-7-4-13(5-8-15)11-18-19(23)22(20(26)27-18)14-6-9-17(24-2)16(21)12-14/h3-9,11-12H,1,10H2,2H3/b18-11+. The number of anilines is 1. The van der Waals surface area contributed by atoms with Gasteiger partial charge in [0.05, 0.1) is 22.7 Å². The van der Waals surface area contributed by atoms with E-state index in [0.29, 0.717) is 32.3 Å². The summed E-state index contributed by atoms with van der Waals surface area (Å²) in [7, 11) is 1.54. The molecule has 138 valence electrons. The molecule has 1 saturated heterocycles. The van der Waals surface area contributed by atoms with Gasteiger partial charge in [-0.2, -0.15) is 0 Å². The number of methoxy groups -OCH3 is 1. The van der Waals surface area contributed by atoms with Crippen LogP contribution in [0.3, 0.4) is 0 Å². The summed E-state index contributed by atoms with van der Waals surface area (Å²) in [4.78, 5) is 14.9. The predicted molar refractivity (Wildman–Crippen MR) is 116 cm³/mol. The average Bonchev–Trinajstić information content (AvgIpc) is 2.94. The van der Waals surface area contributed by atoms with Gasteiger partial charge in [0.1, 0.15) is 18.1 Å². The second kappa shape index (κ2) is 8.61. The Balaban J connectivity index is 1.82. The Bertz CT molecular complexity index is 925. The number of rotatable bonds is 6. The number of amides is 1. The molecule has 1 aliphatic heterocycles. The van der Waals surface area contributed by atoms with Crippen LogP contribution >= 0.6 is 35.6 Å². The van der Waals surface area contributed by atoms with Crippen molar-refractivity contribution >= 4 is 57.6 Å². The summed E-state index contributed by atoms with van der Waals surface area (Å²) in [6.07, 6.45) is 3.49. The van der Waals surface area contributed by atoms with Gasteiger partial charge in [0, 0.05) is 0 Å². The molecule has 0 aromatic heterocycles. The Kier molecular flexibility index (Phi) is 6.21. The molecule has 0 bridgehead atoms. The molecule has 1 fully saturated rings. The summed E-state index contributed by atoms with van der Waals surface area (Å²) in [5.74, 6) is 1.10. The van der Waals surface area contributed by atoms with Crippen molar-refractivity contribution in [3.63, 3.8) is 0 Å². The van der Waals surface area contributed by atoms with Crippen LogP contribution in [0.5, 0.6) is 11.5 Å². The summed E-state index contributed by atoms with van der Waals surface area (Å²) in [5.41, 5.74) is 1.49. The molecular formula is C20H16ClNO3S2. The molecule has 2 aromatic carbocycles. The third-order valence-electron chi connectivity index (χ3n) is 3.73. The van der Waals surface area contributed by atoms with Crippen LogP contribution in [0.15, 0.2) is 60.0 Å². The lowest BCUT2D eigenvalue weighted by atomic mass is 10.2. The monoisotopic (exact) mass is 417 g/mol. The van der Waals surface area contributed by atoms with Crippen LogP contribution in [-0.4, -0.2) is 23.9 Å². The largest absolute Gasteiger partial charge is 0.495 e. The van der Waals surface area contributed by atoms with Gasteiger partial charge < -0.3 is 9.47 Å². The minimum Gasteiger partial charge on any atom is -0.495 e. The summed E-state index contributed by atoms with van der Waals surface area (Å²) < 4.78 is 11.1. The molecular weight excluding hydrogens is 402 g/mol. The van der Waals surface area contributed by atoms with Crippen LogP contribution < -0.4 is 14.4 Å². The lowest BCUT2D eigenvalue weighted by molar-refractivity contribution is -0.113. The second-order valence-corrected chi connectivity index (χ2v) is 7.59. The third-order valence-corrected chi connectivity index (χ3v) is 5.33. The molecule has 0 N–H and O–H groups in total. The van der Waals surface area contributed by atoms with Crippen LogP contribution in [0.1, 0.15) is 5.56 Å². The van der Waals surface area contributed by atoms with Crippen molar-refractivity contribution in [2.45, 2.75) is 0 Å². The number of benzene rings is 2. The minimum absolute atomic E-state index is 0.182. The molecule has 0 atom stereocenters. The Morgan fingerprint density at radius 3 is 2.63 bits per heavy atom. The molecule has 0 unspecified atom stereocenters. The van der Waals surface area contributed by atoms with E-state index in [1.807, 2.05) is 30.3 Å². The van der Waals surface area contributed by atoms with Crippen molar-refractivity contribution in [1.29, 1.82) is 0 Å². The first-order chi connectivity index (χ1) is 13.0. The number of thioether (sulfide) groups is 1. The Morgan fingerprint density at radius 1 is 1.26 bits per heavy atom. The van der Waals surface area contributed by atoms with Gasteiger partial charge in [-0.1, -0.05) is 60.4 Å². The zero-order valence-corrected chi connectivity index (χ0v) is 16.9. The molecule has 7 heteroatoms. The highest BCUT2D eigenvalue weighted by molar-refractivity contribution is 8.27. The third kappa shape index (κ3) is 4.35. The van der Waals surface area contributed by atoms with E-state index in [1.54, 1.807) is 24.3 Å². The average molecular weight is 418 g/mol. The van der Waals surface area contributed by atoms with E-state index in [0.717, 1.165) is 11.3 Å². The quantitative estimate of drug-likeness (QED) is 0.361. The minimum atomic E-state index is -0.182. The highest BCUT2D eigenvalue weighted by atomic mass is 35.5. The number of thiocarbonyl (C=S) groups is 1. The van der Waals surface area contributed by atoms with Crippen molar-refractivity contribution in [3.8, 4) is 11.5 Å². The molecule has 0 aliphatic carbocycles. The molecule has 1 heterocycles.